The second kappa shape index (κ2) is 12.9. The van der Waals surface area contributed by atoms with Gasteiger partial charge in [0.25, 0.3) is 0 Å². The third kappa shape index (κ3) is 5.18. The number of rotatable bonds is 5. The van der Waals surface area contributed by atoms with Crippen molar-refractivity contribution in [2.24, 2.45) is 0 Å². The van der Waals surface area contributed by atoms with Gasteiger partial charge in [-0.1, -0.05) is 182 Å². The molecule has 12 rings (SSSR count). The van der Waals surface area contributed by atoms with Gasteiger partial charge in [-0.05, 0) is 105 Å². The molecular weight excluding hydrogens is 703 g/mol. The van der Waals surface area contributed by atoms with Gasteiger partial charge in [0.2, 0.25) is 0 Å². The average Bonchev–Trinajstić information content (AvgIpc) is 3.30. The first-order valence-corrected chi connectivity index (χ1v) is 19.8. The summed E-state index contributed by atoms with van der Waals surface area (Å²) < 4.78 is 0. The van der Waals surface area contributed by atoms with Crippen LogP contribution in [0.3, 0.4) is 0 Å². The van der Waals surface area contributed by atoms with Gasteiger partial charge in [-0.3, -0.25) is 0 Å². The monoisotopic (exact) mass is 735 g/mol. The van der Waals surface area contributed by atoms with Crippen LogP contribution >= 0.6 is 0 Å². The van der Waals surface area contributed by atoms with E-state index < -0.39 is 0 Å². The predicted molar refractivity (Wildman–Crippen MR) is 243 cm³/mol. The number of nitrogens with zero attached hydrogens (tertiary/aromatic N) is 3. The SMILES string of the molecule is c1ccc(-c2nc(-c3ccccc3)nc(-c3cccc(-c4ccc(-c5cc6ccc7cccc8c9cccc%10ccc%11cccc(c(c5)c6c78)c%11c%109)cc4)c3)n2)cc1. The fraction of sp³-hybridized carbons (Fsp3) is 0. The Morgan fingerprint density at radius 2 is 0.603 bits per heavy atom. The first-order chi connectivity index (χ1) is 28.7. The molecule has 0 aliphatic heterocycles. The predicted octanol–water partition coefficient (Wildman–Crippen LogP) is 14.6. The molecule has 0 aliphatic carbocycles. The van der Waals surface area contributed by atoms with Crippen LogP contribution in [0.25, 0.3) is 121 Å². The molecule has 0 bridgehead atoms. The van der Waals surface area contributed by atoms with Crippen LogP contribution in [0.1, 0.15) is 0 Å². The van der Waals surface area contributed by atoms with Crippen molar-refractivity contribution >= 4 is 64.6 Å². The lowest BCUT2D eigenvalue weighted by molar-refractivity contribution is 1.07. The van der Waals surface area contributed by atoms with Crippen LogP contribution in [0.2, 0.25) is 0 Å². The third-order valence-electron chi connectivity index (χ3n) is 11.8. The van der Waals surface area contributed by atoms with Crippen molar-refractivity contribution < 1.29 is 0 Å². The number of fused-ring (bicyclic) bond motifs is 2. The topological polar surface area (TPSA) is 38.7 Å². The molecule has 0 radical (unpaired) electrons. The summed E-state index contributed by atoms with van der Waals surface area (Å²) in [7, 11) is 0. The molecule has 0 N–H and O–H groups in total. The lowest BCUT2D eigenvalue weighted by Crippen LogP contribution is -2.00. The number of benzene rings is 10. The molecular formula is C55H33N3. The minimum Gasteiger partial charge on any atom is -0.208 e. The lowest BCUT2D eigenvalue weighted by Gasteiger charge is -2.17. The quantitative estimate of drug-likeness (QED) is 0.165. The minimum atomic E-state index is 0.645. The highest BCUT2D eigenvalue weighted by Crippen LogP contribution is 2.44. The van der Waals surface area contributed by atoms with Gasteiger partial charge in [-0.25, -0.2) is 15.0 Å². The standard InChI is InChI=1S/C55H33N3/c1-3-11-39(12-4-1)53-56-54(40-13-5-2-6-14-40)58-55(57-53)43-19-7-18-41(31-43)34-23-25-35(26-24-34)44-32-42-30-29-38-16-9-21-46-45-20-8-15-36-27-28-37-17-10-22-47(51(37)49(36)45)48(33-44)52(42)50(38)46/h1-33H. The van der Waals surface area contributed by atoms with Crippen LogP contribution in [0.15, 0.2) is 200 Å². The van der Waals surface area contributed by atoms with Gasteiger partial charge in [0.1, 0.15) is 0 Å². The summed E-state index contributed by atoms with van der Waals surface area (Å²) in [4.78, 5) is 14.8. The highest BCUT2D eigenvalue weighted by atomic mass is 15.0. The van der Waals surface area contributed by atoms with Crippen molar-refractivity contribution in [3.05, 3.63) is 200 Å². The van der Waals surface area contributed by atoms with Crippen LogP contribution < -0.4 is 0 Å². The van der Waals surface area contributed by atoms with Crippen molar-refractivity contribution in [2.45, 2.75) is 0 Å². The van der Waals surface area contributed by atoms with E-state index in [0.29, 0.717) is 17.5 Å². The molecule has 1 aromatic heterocycles. The first-order valence-electron chi connectivity index (χ1n) is 19.8. The maximum Gasteiger partial charge on any atom is 0.164 e. The molecule has 12 aromatic rings. The molecule has 3 heteroatoms. The number of hydrogen-bond donors (Lipinski definition) is 0. The van der Waals surface area contributed by atoms with Crippen molar-refractivity contribution in [2.75, 3.05) is 0 Å². The second-order valence-corrected chi connectivity index (χ2v) is 15.2. The number of hydrogen-bond acceptors (Lipinski definition) is 3. The van der Waals surface area contributed by atoms with Crippen molar-refractivity contribution in [1.82, 2.24) is 15.0 Å². The summed E-state index contributed by atoms with van der Waals surface area (Å²) in [6.07, 6.45) is 0. The Balaban J connectivity index is 1.00. The van der Waals surface area contributed by atoms with E-state index in [2.05, 4.69) is 140 Å². The highest BCUT2D eigenvalue weighted by molar-refractivity contribution is 6.37. The van der Waals surface area contributed by atoms with E-state index in [0.717, 1.165) is 27.8 Å². The fourth-order valence-corrected chi connectivity index (χ4v) is 9.08. The van der Waals surface area contributed by atoms with Gasteiger partial charge >= 0.3 is 0 Å². The normalized spacial score (nSPS) is 11.8. The largest absolute Gasteiger partial charge is 0.208 e. The maximum atomic E-state index is 4.98. The molecule has 0 saturated carbocycles. The Hall–Kier alpha value is -7.75. The molecule has 0 atom stereocenters. The summed E-state index contributed by atoms with van der Waals surface area (Å²) in [5, 5.41) is 15.5. The van der Waals surface area contributed by atoms with E-state index >= 15 is 0 Å². The molecule has 0 unspecified atom stereocenters. The van der Waals surface area contributed by atoms with Crippen LogP contribution in [0, 0.1) is 0 Å². The van der Waals surface area contributed by atoms with Gasteiger partial charge in [0.15, 0.2) is 17.5 Å². The lowest BCUT2D eigenvalue weighted by atomic mass is 9.86. The first kappa shape index (κ1) is 32.5. The molecule has 0 fully saturated rings. The van der Waals surface area contributed by atoms with Gasteiger partial charge in [-0.15, -0.1) is 0 Å². The van der Waals surface area contributed by atoms with Gasteiger partial charge in [0, 0.05) is 16.7 Å². The van der Waals surface area contributed by atoms with Crippen molar-refractivity contribution in [3.8, 4) is 56.4 Å². The Morgan fingerprint density at radius 1 is 0.207 bits per heavy atom. The van der Waals surface area contributed by atoms with E-state index in [1.807, 2.05) is 60.7 Å². The Kier molecular flexibility index (Phi) is 7.23. The van der Waals surface area contributed by atoms with Gasteiger partial charge < -0.3 is 0 Å². The van der Waals surface area contributed by atoms with Crippen LogP contribution in [-0.4, -0.2) is 15.0 Å². The van der Waals surface area contributed by atoms with Gasteiger partial charge in [0.05, 0.1) is 0 Å². The zero-order valence-electron chi connectivity index (χ0n) is 31.4. The number of aromatic nitrogens is 3. The Morgan fingerprint density at radius 3 is 1.14 bits per heavy atom. The molecule has 58 heavy (non-hydrogen) atoms. The molecule has 0 aliphatic rings. The second-order valence-electron chi connectivity index (χ2n) is 15.2. The summed E-state index contributed by atoms with van der Waals surface area (Å²) in [6, 6.07) is 71.9. The average molecular weight is 736 g/mol. The van der Waals surface area contributed by atoms with E-state index in [4.69, 9.17) is 15.0 Å². The summed E-state index contributed by atoms with van der Waals surface area (Å²) in [5.41, 5.74) is 7.46. The van der Waals surface area contributed by atoms with Crippen LogP contribution in [0.5, 0.6) is 0 Å². The fourth-order valence-electron chi connectivity index (χ4n) is 9.08. The van der Waals surface area contributed by atoms with Crippen molar-refractivity contribution in [3.63, 3.8) is 0 Å². The summed E-state index contributed by atoms with van der Waals surface area (Å²) >= 11 is 0. The van der Waals surface area contributed by atoms with E-state index in [1.54, 1.807) is 0 Å². The third-order valence-corrected chi connectivity index (χ3v) is 11.8. The van der Waals surface area contributed by atoms with Crippen LogP contribution in [-0.2, 0) is 0 Å². The molecule has 0 amide bonds. The Bertz CT molecular complexity index is 3480. The molecule has 3 nitrogen and oxygen atoms in total. The molecule has 0 spiro atoms. The Labute approximate surface area is 334 Å². The zero-order valence-corrected chi connectivity index (χ0v) is 31.4. The molecule has 11 aromatic carbocycles. The minimum absolute atomic E-state index is 0.645. The summed E-state index contributed by atoms with van der Waals surface area (Å²) in [6.45, 7) is 0. The van der Waals surface area contributed by atoms with Gasteiger partial charge in [-0.2, -0.15) is 0 Å². The molecule has 1 heterocycles. The zero-order chi connectivity index (χ0) is 38.2. The molecule has 268 valence electrons. The van der Waals surface area contributed by atoms with E-state index in [9.17, 15) is 0 Å². The highest BCUT2D eigenvalue weighted by Gasteiger charge is 2.17. The summed E-state index contributed by atoms with van der Waals surface area (Å²) in [5.74, 6) is 1.95. The van der Waals surface area contributed by atoms with E-state index in [1.165, 1.54) is 75.8 Å². The van der Waals surface area contributed by atoms with Crippen LogP contribution in [0.4, 0.5) is 0 Å². The maximum absolute atomic E-state index is 4.98. The van der Waals surface area contributed by atoms with E-state index in [-0.39, 0.29) is 0 Å². The molecule has 0 saturated heterocycles. The van der Waals surface area contributed by atoms with Crippen molar-refractivity contribution in [1.29, 1.82) is 0 Å². The smallest absolute Gasteiger partial charge is 0.164 e.